The summed E-state index contributed by atoms with van der Waals surface area (Å²) in [5.41, 5.74) is 3.83. The van der Waals surface area contributed by atoms with Gasteiger partial charge in [-0.2, -0.15) is 0 Å². The minimum Gasteiger partial charge on any atom is -0.352 e. The molecule has 0 spiro atoms. The van der Waals surface area contributed by atoms with E-state index in [-0.39, 0.29) is 23.4 Å². The predicted molar refractivity (Wildman–Crippen MR) is 164 cm³/mol. The van der Waals surface area contributed by atoms with Crippen LogP contribution in [-0.2, 0) is 26.2 Å². The number of aryl methyl sites for hydroxylation is 2. The van der Waals surface area contributed by atoms with Crippen LogP contribution < -0.4 is 9.62 Å². The molecule has 0 aliphatic heterocycles. The second-order valence-corrected chi connectivity index (χ2v) is 13.0. The minimum absolute atomic E-state index is 0.0621. The monoisotopic (exact) mass is 627 g/mol. The number of nitrogens with one attached hydrogen (secondary N) is 1. The van der Waals surface area contributed by atoms with E-state index in [0.717, 1.165) is 37.5 Å². The fourth-order valence-electron chi connectivity index (χ4n) is 4.19. The molecule has 0 aliphatic carbocycles. The molecule has 0 saturated heterocycles. The lowest BCUT2D eigenvalue weighted by Gasteiger charge is -2.33. The maximum Gasteiger partial charge on any atom is 0.264 e. The Bertz CT molecular complexity index is 1440. The van der Waals surface area contributed by atoms with Gasteiger partial charge in [0.1, 0.15) is 12.6 Å². The zero-order valence-electron chi connectivity index (χ0n) is 23.9. The highest BCUT2D eigenvalue weighted by molar-refractivity contribution is 9.10. The standard InChI is InChI=1S/C31H38BrN3O4S/c1-7-23(4)33-31(37)25(6)34(19-26-13-15-27(32)16-14-26)30(36)20-35(29-10-8-9-22(3)24(29)5)40(38,39)28-17-11-21(2)12-18-28/h8-18,23,25H,7,19-20H2,1-6H3,(H,33,37). The van der Waals surface area contributed by atoms with E-state index in [1.54, 1.807) is 43.3 Å². The van der Waals surface area contributed by atoms with Crippen LogP contribution in [0.3, 0.4) is 0 Å². The number of hydrogen-bond donors (Lipinski definition) is 1. The number of carbonyl (C=O) groups is 2. The van der Waals surface area contributed by atoms with Gasteiger partial charge in [-0.05, 0) is 88.1 Å². The molecule has 3 aromatic carbocycles. The summed E-state index contributed by atoms with van der Waals surface area (Å²) in [4.78, 5) is 28.8. The molecule has 0 saturated carbocycles. The van der Waals surface area contributed by atoms with Crippen LogP contribution in [0.25, 0.3) is 0 Å². The first-order valence-electron chi connectivity index (χ1n) is 13.3. The molecule has 7 nitrogen and oxygen atoms in total. The van der Waals surface area contributed by atoms with Crippen molar-refractivity contribution in [2.24, 2.45) is 0 Å². The fourth-order valence-corrected chi connectivity index (χ4v) is 5.93. The molecule has 0 radical (unpaired) electrons. The molecule has 0 aliphatic rings. The van der Waals surface area contributed by atoms with E-state index in [4.69, 9.17) is 0 Å². The Labute approximate surface area is 246 Å². The van der Waals surface area contributed by atoms with Gasteiger partial charge in [-0.3, -0.25) is 13.9 Å². The smallest absolute Gasteiger partial charge is 0.264 e. The van der Waals surface area contributed by atoms with Crippen LogP contribution >= 0.6 is 15.9 Å². The average Bonchev–Trinajstić information content (AvgIpc) is 2.92. The highest BCUT2D eigenvalue weighted by Gasteiger charge is 2.33. The first kappa shape index (κ1) is 31.4. The predicted octanol–water partition coefficient (Wildman–Crippen LogP) is 5.90. The summed E-state index contributed by atoms with van der Waals surface area (Å²) in [6.07, 6.45) is 0.744. The summed E-state index contributed by atoms with van der Waals surface area (Å²) in [5, 5.41) is 2.95. The number of hydrogen-bond acceptors (Lipinski definition) is 4. The third kappa shape index (κ3) is 7.52. The Balaban J connectivity index is 2.06. The lowest BCUT2D eigenvalue weighted by Crippen LogP contribution is -2.52. The maximum absolute atomic E-state index is 14.1. The van der Waals surface area contributed by atoms with Crippen LogP contribution in [0, 0.1) is 20.8 Å². The van der Waals surface area contributed by atoms with E-state index in [1.807, 2.05) is 65.0 Å². The second-order valence-electron chi connectivity index (χ2n) is 10.2. The molecule has 0 bridgehead atoms. The molecule has 3 rings (SSSR count). The third-order valence-corrected chi connectivity index (χ3v) is 9.47. The van der Waals surface area contributed by atoms with Gasteiger partial charge in [0, 0.05) is 17.1 Å². The van der Waals surface area contributed by atoms with Gasteiger partial charge >= 0.3 is 0 Å². The summed E-state index contributed by atoms with van der Waals surface area (Å²) in [5.74, 6) is -0.772. The van der Waals surface area contributed by atoms with Crippen molar-refractivity contribution in [3.05, 3.63) is 93.5 Å². The molecule has 0 fully saturated rings. The van der Waals surface area contributed by atoms with E-state index in [0.29, 0.717) is 5.69 Å². The van der Waals surface area contributed by atoms with Crippen LogP contribution in [0.2, 0.25) is 0 Å². The van der Waals surface area contributed by atoms with Crippen molar-refractivity contribution in [1.82, 2.24) is 10.2 Å². The van der Waals surface area contributed by atoms with Crippen LogP contribution in [0.15, 0.2) is 76.1 Å². The van der Waals surface area contributed by atoms with Crippen molar-refractivity contribution in [2.45, 2.75) is 71.5 Å². The van der Waals surface area contributed by atoms with Crippen LogP contribution in [0.4, 0.5) is 5.69 Å². The van der Waals surface area contributed by atoms with E-state index < -0.39 is 28.5 Å². The number of sulfonamides is 1. The largest absolute Gasteiger partial charge is 0.352 e. The molecule has 2 amide bonds. The first-order chi connectivity index (χ1) is 18.8. The third-order valence-electron chi connectivity index (χ3n) is 7.17. The highest BCUT2D eigenvalue weighted by Crippen LogP contribution is 2.29. The Hall–Kier alpha value is -3.17. The van der Waals surface area contributed by atoms with Crippen LogP contribution in [-0.4, -0.2) is 43.8 Å². The number of anilines is 1. The summed E-state index contributed by atoms with van der Waals surface area (Å²) >= 11 is 3.43. The SMILES string of the molecule is CCC(C)NC(=O)C(C)N(Cc1ccc(Br)cc1)C(=O)CN(c1cccc(C)c1C)S(=O)(=O)c1ccc(C)cc1. The summed E-state index contributed by atoms with van der Waals surface area (Å²) in [7, 11) is -4.11. The van der Waals surface area contributed by atoms with Gasteiger partial charge in [0.2, 0.25) is 11.8 Å². The van der Waals surface area contributed by atoms with Crippen molar-refractivity contribution in [1.29, 1.82) is 0 Å². The average molecular weight is 629 g/mol. The number of halogens is 1. The van der Waals surface area contributed by atoms with E-state index in [9.17, 15) is 18.0 Å². The number of amides is 2. The molecule has 0 aromatic heterocycles. The fraction of sp³-hybridized carbons (Fsp3) is 0.355. The van der Waals surface area contributed by atoms with Gasteiger partial charge in [0.15, 0.2) is 0 Å². The zero-order valence-corrected chi connectivity index (χ0v) is 26.3. The molecule has 40 heavy (non-hydrogen) atoms. The Morgan fingerprint density at radius 3 is 2.15 bits per heavy atom. The van der Waals surface area contributed by atoms with Crippen LogP contribution in [0.5, 0.6) is 0 Å². The van der Waals surface area contributed by atoms with E-state index in [2.05, 4.69) is 21.2 Å². The molecule has 0 heterocycles. The number of benzene rings is 3. The van der Waals surface area contributed by atoms with Gasteiger partial charge in [-0.1, -0.05) is 64.8 Å². The molecule has 2 atom stereocenters. The van der Waals surface area contributed by atoms with Gasteiger partial charge < -0.3 is 10.2 Å². The lowest BCUT2D eigenvalue weighted by molar-refractivity contribution is -0.139. The van der Waals surface area contributed by atoms with Crippen molar-refractivity contribution in [2.75, 3.05) is 10.8 Å². The van der Waals surface area contributed by atoms with Crippen LogP contribution in [0.1, 0.15) is 49.4 Å². The lowest BCUT2D eigenvalue weighted by atomic mass is 10.1. The van der Waals surface area contributed by atoms with Crippen molar-refractivity contribution in [3.8, 4) is 0 Å². The molecule has 214 valence electrons. The van der Waals surface area contributed by atoms with E-state index in [1.165, 1.54) is 4.90 Å². The van der Waals surface area contributed by atoms with Crippen molar-refractivity contribution >= 4 is 43.5 Å². The second kappa shape index (κ2) is 13.5. The van der Waals surface area contributed by atoms with Crippen molar-refractivity contribution in [3.63, 3.8) is 0 Å². The number of rotatable bonds is 11. The van der Waals surface area contributed by atoms with Gasteiger partial charge in [-0.15, -0.1) is 0 Å². The number of carbonyl (C=O) groups excluding carboxylic acids is 2. The zero-order chi connectivity index (χ0) is 29.6. The molecule has 3 aromatic rings. The minimum atomic E-state index is -4.11. The molecular formula is C31H38BrN3O4S. The van der Waals surface area contributed by atoms with Gasteiger partial charge in [0.25, 0.3) is 10.0 Å². The number of nitrogens with zero attached hydrogens (tertiary/aromatic N) is 2. The normalized spacial score (nSPS) is 12.9. The molecule has 1 N–H and O–H groups in total. The Morgan fingerprint density at radius 2 is 1.55 bits per heavy atom. The quantitative estimate of drug-likeness (QED) is 0.287. The Morgan fingerprint density at radius 1 is 0.925 bits per heavy atom. The van der Waals surface area contributed by atoms with Gasteiger partial charge in [-0.25, -0.2) is 8.42 Å². The van der Waals surface area contributed by atoms with Crippen molar-refractivity contribution < 1.29 is 18.0 Å². The van der Waals surface area contributed by atoms with E-state index >= 15 is 0 Å². The van der Waals surface area contributed by atoms with Gasteiger partial charge in [0.05, 0.1) is 10.6 Å². The summed E-state index contributed by atoms with van der Waals surface area (Å²) < 4.78 is 30.1. The molecule has 9 heteroatoms. The maximum atomic E-state index is 14.1. The molecular weight excluding hydrogens is 590 g/mol. The highest BCUT2D eigenvalue weighted by atomic mass is 79.9. The Kier molecular flexibility index (Phi) is 10.6. The topological polar surface area (TPSA) is 86.8 Å². The first-order valence-corrected chi connectivity index (χ1v) is 15.6. The molecule has 2 unspecified atom stereocenters. The summed E-state index contributed by atoms with van der Waals surface area (Å²) in [6.45, 7) is 10.9. The summed E-state index contributed by atoms with van der Waals surface area (Å²) in [6, 6.07) is 18.5.